The van der Waals surface area contributed by atoms with Crippen LogP contribution in [0.5, 0.6) is 0 Å². The number of hydrogen-bond acceptors (Lipinski definition) is 7. The van der Waals surface area contributed by atoms with Crippen LogP contribution in [0, 0.1) is 0 Å². The van der Waals surface area contributed by atoms with Crippen LogP contribution in [0.3, 0.4) is 0 Å². The van der Waals surface area contributed by atoms with Gasteiger partial charge in [0, 0.05) is 18.4 Å². The van der Waals surface area contributed by atoms with Gasteiger partial charge in [-0.05, 0) is 56.8 Å². The molecule has 0 unspecified atom stereocenters. The monoisotopic (exact) mass is 487 g/mol. The first-order valence-electron chi connectivity index (χ1n) is 12.1. The third kappa shape index (κ3) is 5.22. The van der Waals surface area contributed by atoms with Crippen molar-refractivity contribution in [1.82, 2.24) is 29.2 Å². The van der Waals surface area contributed by atoms with Crippen molar-refractivity contribution < 1.29 is 5.11 Å². The van der Waals surface area contributed by atoms with Crippen LogP contribution in [-0.4, -0.2) is 47.4 Å². The summed E-state index contributed by atoms with van der Waals surface area (Å²) in [4.78, 5) is 29.2. The summed E-state index contributed by atoms with van der Waals surface area (Å²) >= 11 is 0. The molecule has 1 aromatic carbocycles. The zero-order valence-electron chi connectivity index (χ0n) is 21.3. The highest BCUT2D eigenvalue weighted by molar-refractivity contribution is 5.77. The smallest absolute Gasteiger partial charge is 0.278 e. The number of aromatic nitrogens is 5. The van der Waals surface area contributed by atoms with Crippen molar-refractivity contribution in [3.05, 3.63) is 82.9 Å². The van der Waals surface area contributed by atoms with Gasteiger partial charge >= 0.3 is 0 Å². The van der Waals surface area contributed by atoms with Gasteiger partial charge in [0.05, 0.1) is 12.2 Å². The molecule has 36 heavy (non-hydrogen) atoms. The minimum absolute atomic E-state index is 0.243. The van der Waals surface area contributed by atoms with Crippen LogP contribution in [0.2, 0.25) is 0 Å². The molecule has 9 heteroatoms. The SMILES string of the molecule is C=CCn1c(=O)c2cnc(Nc3ccc(CN(CC)CC)cc3)nc2n1-c1cccc(C(C)(C)O)n1. The number of nitrogens with one attached hydrogen (secondary N) is 1. The number of allylic oxidation sites excluding steroid dienone is 1. The van der Waals surface area contributed by atoms with Crippen molar-refractivity contribution in [2.45, 2.75) is 46.4 Å². The number of aliphatic hydroxyl groups is 1. The molecule has 4 aromatic rings. The number of rotatable bonds is 10. The van der Waals surface area contributed by atoms with E-state index in [2.05, 4.69) is 57.7 Å². The van der Waals surface area contributed by atoms with Gasteiger partial charge in [-0.15, -0.1) is 6.58 Å². The van der Waals surface area contributed by atoms with Crippen molar-refractivity contribution in [3.63, 3.8) is 0 Å². The Morgan fingerprint density at radius 2 is 1.83 bits per heavy atom. The van der Waals surface area contributed by atoms with Crippen LogP contribution in [0.15, 0.2) is 66.1 Å². The van der Waals surface area contributed by atoms with Gasteiger partial charge in [-0.25, -0.2) is 19.3 Å². The molecule has 0 saturated carbocycles. The first kappa shape index (κ1) is 25.3. The van der Waals surface area contributed by atoms with Gasteiger partial charge in [0.2, 0.25) is 5.95 Å². The second-order valence-corrected chi connectivity index (χ2v) is 9.14. The molecule has 3 aromatic heterocycles. The summed E-state index contributed by atoms with van der Waals surface area (Å²) in [6, 6.07) is 13.5. The lowest BCUT2D eigenvalue weighted by Gasteiger charge is -2.18. The topological polar surface area (TPSA) is 101 Å². The number of fused-ring (bicyclic) bond motifs is 1. The number of hydrogen-bond donors (Lipinski definition) is 2. The largest absolute Gasteiger partial charge is 0.384 e. The molecule has 0 saturated heterocycles. The summed E-state index contributed by atoms with van der Waals surface area (Å²) in [6.07, 6.45) is 3.17. The molecule has 3 heterocycles. The lowest BCUT2D eigenvalue weighted by Crippen LogP contribution is -2.23. The molecule has 0 aliphatic heterocycles. The van der Waals surface area contributed by atoms with Crippen LogP contribution in [-0.2, 0) is 18.7 Å². The average Bonchev–Trinajstić information content (AvgIpc) is 3.14. The van der Waals surface area contributed by atoms with Crippen LogP contribution in [0.25, 0.3) is 16.9 Å². The van der Waals surface area contributed by atoms with Crippen LogP contribution >= 0.6 is 0 Å². The van der Waals surface area contributed by atoms with E-state index in [0.717, 1.165) is 25.3 Å². The van der Waals surface area contributed by atoms with Crippen molar-refractivity contribution >= 4 is 22.7 Å². The highest BCUT2D eigenvalue weighted by atomic mass is 16.3. The molecule has 2 N–H and O–H groups in total. The summed E-state index contributed by atoms with van der Waals surface area (Å²) in [5, 5.41) is 14.1. The Kier molecular flexibility index (Phi) is 7.32. The Hall–Kier alpha value is -3.82. The Labute approximate surface area is 210 Å². The van der Waals surface area contributed by atoms with E-state index in [-0.39, 0.29) is 12.1 Å². The van der Waals surface area contributed by atoms with Gasteiger partial charge in [-0.1, -0.05) is 38.1 Å². The number of nitrogens with zero attached hydrogens (tertiary/aromatic N) is 6. The predicted octanol–water partition coefficient (Wildman–Crippen LogP) is 3.98. The summed E-state index contributed by atoms with van der Waals surface area (Å²) in [5.74, 6) is 0.830. The van der Waals surface area contributed by atoms with E-state index in [1.807, 2.05) is 12.1 Å². The molecule has 0 aliphatic carbocycles. The van der Waals surface area contributed by atoms with E-state index in [4.69, 9.17) is 0 Å². The second-order valence-electron chi connectivity index (χ2n) is 9.14. The molecule has 9 nitrogen and oxygen atoms in total. The summed E-state index contributed by atoms with van der Waals surface area (Å²) in [5.41, 5.74) is 1.59. The van der Waals surface area contributed by atoms with Gasteiger partial charge < -0.3 is 10.4 Å². The first-order valence-corrected chi connectivity index (χ1v) is 12.1. The van der Waals surface area contributed by atoms with E-state index in [9.17, 15) is 9.90 Å². The Morgan fingerprint density at radius 1 is 1.11 bits per heavy atom. The Bertz CT molecular complexity index is 1410. The molecular formula is C27H33N7O2. The van der Waals surface area contributed by atoms with Gasteiger partial charge in [0.25, 0.3) is 5.56 Å². The summed E-state index contributed by atoms with van der Waals surface area (Å²) < 4.78 is 3.16. The quantitative estimate of drug-likeness (QED) is 0.326. The molecule has 0 spiro atoms. The number of benzene rings is 1. The van der Waals surface area contributed by atoms with Gasteiger partial charge in [0.15, 0.2) is 11.5 Å². The van der Waals surface area contributed by atoms with Crippen LogP contribution in [0.1, 0.15) is 39.0 Å². The van der Waals surface area contributed by atoms with E-state index in [1.54, 1.807) is 42.8 Å². The van der Waals surface area contributed by atoms with Crippen LogP contribution in [0.4, 0.5) is 11.6 Å². The standard InChI is InChI=1S/C27H33N7O2/c1-6-16-33-25(35)21-17-28-26(29-20-14-12-19(13-15-20)18-32(7-2)8-3)31-24(21)34(33)23-11-9-10-22(30-23)27(4,5)36/h6,9-15,17,36H,1,7-8,16,18H2,2-5H3,(H,28,29,31). The molecule has 0 radical (unpaired) electrons. The molecule has 0 bridgehead atoms. The molecule has 0 atom stereocenters. The lowest BCUT2D eigenvalue weighted by atomic mass is 10.1. The average molecular weight is 488 g/mol. The second kappa shape index (κ2) is 10.4. The predicted molar refractivity (Wildman–Crippen MR) is 143 cm³/mol. The number of pyridine rings is 1. The third-order valence-corrected chi connectivity index (χ3v) is 6.07. The fraction of sp³-hybridized carbons (Fsp3) is 0.333. The maximum absolute atomic E-state index is 13.2. The lowest BCUT2D eigenvalue weighted by molar-refractivity contribution is 0.0738. The van der Waals surface area contributed by atoms with E-state index in [0.29, 0.717) is 28.5 Å². The van der Waals surface area contributed by atoms with E-state index >= 15 is 0 Å². The Morgan fingerprint density at radius 3 is 2.47 bits per heavy atom. The van der Waals surface area contributed by atoms with E-state index < -0.39 is 5.60 Å². The summed E-state index contributed by atoms with van der Waals surface area (Å²) in [6.45, 7) is 14.6. The minimum Gasteiger partial charge on any atom is -0.384 e. The van der Waals surface area contributed by atoms with Crippen LogP contribution < -0.4 is 10.9 Å². The molecule has 0 fully saturated rings. The molecule has 188 valence electrons. The minimum atomic E-state index is -1.14. The van der Waals surface area contributed by atoms with E-state index in [1.165, 1.54) is 16.4 Å². The van der Waals surface area contributed by atoms with Crippen molar-refractivity contribution in [2.24, 2.45) is 0 Å². The van der Waals surface area contributed by atoms with Gasteiger partial charge in [-0.2, -0.15) is 4.98 Å². The molecule has 4 rings (SSSR count). The van der Waals surface area contributed by atoms with Gasteiger partial charge in [-0.3, -0.25) is 9.69 Å². The highest BCUT2D eigenvalue weighted by Crippen LogP contribution is 2.22. The maximum Gasteiger partial charge on any atom is 0.278 e. The van der Waals surface area contributed by atoms with Crippen molar-refractivity contribution in [3.8, 4) is 5.82 Å². The molecule has 0 amide bonds. The normalized spacial score (nSPS) is 11.8. The maximum atomic E-state index is 13.2. The zero-order valence-corrected chi connectivity index (χ0v) is 21.3. The number of anilines is 2. The van der Waals surface area contributed by atoms with Gasteiger partial charge in [0.1, 0.15) is 11.0 Å². The summed E-state index contributed by atoms with van der Waals surface area (Å²) in [7, 11) is 0. The third-order valence-electron chi connectivity index (χ3n) is 6.07. The fourth-order valence-corrected chi connectivity index (χ4v) is 4.02. The fourth-order valence-electron chi connectivity index (χ4n) is 4.02. The zero-order chi connectivity index (χ0) is 25.9. The molecular weight excluding hydrogens is 454 g/mol. The first-order chi connectivity index (χ1) is 17.2. The van der Waals surface area contributed by atoms with Crippen molar-refractivity contribution in [1.29, 1.82) is 0 Å². The van der Waals surface area contributed by atoms with Crippen molar-refractivity contribution in [2.75, 3.05) is 18.4 Å². The Balaban J connectivity index is 1.73. The highest BCUT2D eigenvalue weighted by Gasteiger charge is 2.21. The molecule has 0 aliphatic rings.